The number of hydrogen-bond donors (Lipinski definition) is 1. The third kappa shape index (κ3) is 1.56. The topological polar surface area (TPSA) is 47.6 Å². The molecule has 1 aliphatic heterocycles. The molecule has 4 atom stereocenters. The summed E-state index contributed by atoms with van der Waals surface area (Å²) in [4.78, 5) is 10.9. The lowest BCUT2D eigenvalue weighted by Gasteiger charge is -2.64. The Balaban J connectivity index is 1.71. The number of amides is 1. The van der Waals surface area contributed by atoms with Crippen LogP contribution >= 0.6 is 0 Å². The van der Waals surface area contributed by atoms with Crippen LogP contribution in [0.25, 0.3) is 0 Å². The molecule has 100 valence electrons. The maximum atomic E-state index is 10.9. The summed E-state index contributed by atoms with van der Waals surface area (Å²) < 4.78 is 12.1. The van der Waals surface area contributed by atoms with E-state index in [9.17, 15) is 4.79 Å². The van der Waals surface area contributed by atoms with E-state index >= 15 is 0 Å². The number of carbonyl (C=O) groups excluding carboxylic acids is 1. The Morgan fingerprint density at radius 2 is 2.11 bits per heavy atom. The second-order valence-corrected chi connectivity index (χ2v) is 6.84. The fourth-order valence-corrected chi connectivity index (χ4v) is 4.27. The lowest BCUT2D eigenvalue weighted by molar-refractivity contribution is -0.199. The molecule has 0 aromatic heterocycles. The summed E-state index contributed by atoms with van der Waals surface area (Å²) in [6.45, 7) is 8.40. The normalized spacial score (nSPS) is 44.2. The van der Waals surface area contributed by atoms with Crippen LogP contribution in [0.4, 0.5) is 0 Å². The number of rotatable bonds is 2. The van der Waals surface area contributed by atoms with Crippen molar-refractivity contribution in [1.82, 2.24) is 5.32 Å². The highest BCUT2D eigenvalue weighted by molar-refractivity contribution is 6.45. The monoisotopic (exact) mass is 251 g/mol. The molecule has 4 nitrogen and oxygen atoms in total. The molecule has 18 heavy (non-hydrogen) atoms. The van der Waals surface area contributed by atoms with Gasteiger partial charge in [0, 0.05) is 6.92 Å². The molecule has 0 aromatic rings. The van der Waals surface area contributed by atoms with E-state index in [1.807, 2.05) is 0 Å². The van der Waals surface area contributed by atoms with E-state index in [-0.39, 0.29) is 24.7 Å². The Kier molecular flexibility index (Phi) is 2.59. The van der Waals surface area contributed by atoms with E-state index in [0.29, 0.717) is 17.8 Å². The summed E-state index contributed by atoms with van der Waals surface area (Å²) in [5.41, 5.74) is 0.207. The zero-order valence-electron chi connectivity index (χ0n) is 11.7. The molecule has 4 aliphatic rings. The smallest absolute Gasteiger partial charge is 0.404 e. The Hall–Kier alpha value is -0.545. The molecule has 3 saturated carbocycles. The molecule has 4 rings (SSSR count). The highest BCUT2D eigenvalue weighted by Gasteiger charge is 2.67. The van der Waals surface area contributed by atoms with Crippen LogP contribution in [0.5, 0.6) is 0 Å². The molecule has 5 heteroatoms. The van der Waals surface area contributed by atoms with Crippen molar-refractivity contribution in [3.05, 3.63) is 0 Å². The van der Waals surface area contributed by atoms with Crippen LogP contribution in [0.1, 0.15) is 40.5 Å². The van der Waals surface area contributed by atoms with Crippen LogP contribution in [0.3, 0.4) is 0 Å². The van der Waals surface area contributed by atoms with Crippen molar-refractivity contribution in [2.75, 3.05) is 6.44 Å². The minimum atomic E-state index is -0.279. The molecule has 1 amide bonds. The van der Waals surface area contributed by atoms with Crippen molar-refractivity contribution in [3.8, 4) is 0 Å². The highest BCUT2D eigenvalue weighted by Crippen LogP contribution is 2.65. The van der Waals surface area contributed by atoms with Crippen LogP contribution < -0.4 is 5.32 Å². The van der Waals surface area contributed by atoms with Gasteiger partial charge in [-0.3, -0.25) is 4.79 Å². The van der Waals surface area contributed by atoms with Gasteiger partial charge in [0.05, 0.1) is 18.1 Å². The first-order valence-corrected chi connectivity index (χ1v) is 6.91. The minimum absolute atomic E-state index is 0.0353. The lowest BCUT2D eigenvalue weighted by atomic mass is 9.43. The zero-order valence-corrected chi connectivity index (χ0v) is 11.7. The maximum Gasteiger partial charge on any atom is 0.478 e. The van der Waals surface area contributed by atoms with Gasteiger partial charge >= 0.3 is 7.12 Å². The van der Waals surface area contributed by atoms with Gasteiger partial charge in [0.1, 0.15) is 0 Å². The van der Waals surface area contributed by atoms with Gasteiger partial charge in [-0.1, -0.05) is 13.8 Å². The van der Waals surface area contributed by atoms with Gasteiger partial charge in [0.15, 0.2) is 0 Å². The predicted molar refractivity (Wildman–Crippen MR) is 68.8 cm³/mol. The van der Waals surface area contributed by atoms with Gasteiger partial charge in [-0.15, -0.1) is 0 Å². The standard InChI is InChI=1S/C13H22BNO3/c1-8(16)15-7-14-17-11-6-9-5-10(12(9,2)3)13(11,4)18-14/h9-11H,5-7H2,1-4H3,(H,15,16)/t9-,10-,11?,13?/m0/s1. The lowest BCUT2D eigenvalue weighted by Crippen LogP contribution is -2.65. The molecule has 1 N–H and O–H groups in total. The van der Waals surface area contributed by atoms with E-state index in [4.69, 9.17) is 9.31 Å². The van der Waals surface area contributed by atoms with E-state index < -0.39 is 0 Å². The molecule has 4 fully saturated rings. The molecule has 1 saturated heterocycles. The minimum Gasteiger partial charge on any atom is -0.404 e. The van der Waals surface area contributed by atoms with Crippen molar-refractivity contribution in [2.24, 2.45) is 17.3 Å². The average molecular weight is 251 g/mol. The first-order chi connectivity index (χ1) is 8.34. The first kappa shape index (κ1) is 12.5. The van der Waals surface area contributed by atoms with Gasteiger partial charge < -0.3 is 14.6 Å². The molecule has 0 spiro atoms. The van der Waals surface area contributed by atoms with E-state index in [1.165, 1.54) is 13.3 Å². The van der Waals surface area contributed by atoms with Gasteiger partial charge in [-0.05, 0) is 37.0 Å². The second-order valence-electron chi connectivity index (χ2n) is 6.84. The molecular formula is C13H22BNO3. The van der Waals surface area contributed by atoms with Crippen LogP contribution in [0.2, 0.25) is 0 Å². The molecule has 2 unspecified atom stereocenters. The quantitative estimate of drug-likeness (QED) is 0.754. The molecule has 0 radical (unpaired) electrons. The SMILES string of the molecule is CC(=O)NCB1OC2C[C@@H]3C[C@H](C2(C)O1)C3(C)C. The van der Waals surface area contributed by atoms with Gasteiger partial charge in [0.25, 0.3) is 0 Å². The van der Waals surface area contributed by atoms with Crippen molar-refractivity contribution in [3.63, 3.8) is 0 Å². The highest BCUT2D eigenvalue weighted by atomic mass is 16.7. The Morgan fingerprint density at radius 1 is 1.39 bits per heavy atom. The fourth-order valence-electron chi connectivity index (χ4n) is 4.27. The molecular weight excluding hydrogens is 229 g/mol. The second kappa shape index (κ2) is 3.73. The number of carbonyl (C=O) groups is 1. The van der Waals surface area contributed by atoms with Crippen LogP contribution in [-0.2, 0) is 14.1 Å². The van der Waals surface area contributed by atoms with Crippen LogP contribution in [0, 0.1) is 17.3 Å². The van der Waals surface area contributed by atoms with Crippen molar-refractivity contribution >= 4 is 13.0 Å². The summed E-state index contributed by atoms with van der Waals surface area (Å²) in [6.07, 6.45) is 3.01. The van der Waals surface area contributed by atoms with Gasteiger partial charge in [-0.25, -0.2) is 0 Å². The summed E-state index contributed by atoms with van der Waals surface area (Å²) in [5, 5.41) is 2.77. The summed E-state index contributed by atoms with van der Waals surface area (Å²) >= 11 is 0. The zero-order chi connectivity index (χ0) is 13.1. The van der Waals surface area contributed by atoms with Crippen LogP contribution in [-0.4, -0.2) is 31.2 Å². The van der Waals surface area contributed by atoms with E-state index in [2.05, 4.69) is 26.1 Å². The van der Waals surface area contributed by atoms with Crippen molar-refractivity contribution in [1.29, 1.82) is 0 Å². The van der Waals surface area contributed by atoms with Crippen molar-refractivity contribution in [2.45, 2.75) is 52.2 Å². The Labute approximate surface area is 109 Å². The van der Waals surface area contributed by atoms with Crippen LogP contribution in [0.15, 0.2) is 0 Å². The van der Waals surface area contributed by atoms with E-state index in [1.54, 1.807) is 0 Å². The van der Waals surface area contributed by atoms with Gasteiger partial charge in [0.2, 0.25) is 5.91 Å². The average Bonchev–Trinajstić information content (AvgIpc) is 2.61. The van der Waals surface area contributed by atoms with Gasteiger partial charge in [-0.2, -0.15) is 0 Å². The number of hydrogen-bond acceptors (Lipinski definition) is 3. The third-order valence-corrected chi connectivity index (χ3v) is 5.52. The first-order valence-electron chi connectivity index (χ1n) is 6.91. The predicted octanol–water partition coefficient (Wildman–Crippen LogP) is 1.39. The maximum absolute atomic E-state index is 10.9. The summed E-state index contributed by atoms with van der Waals surface area (Å²) in [6, 6.07) is 0. The molecule has 3 aliphatic carbocycles. The molecule has 1 heterocycles. The fraction of sp³-hybridized carbons (Fsp3) is 0.923. The third-order valence-electron chi connectivity index (χ3n) is 5.52. The summed E-state index contributed by atoms with van der Waals surface area (Å²) in [7, 11) is -0.279. The Bertz CT molecular complexity index is 386. The molecule has 2 bridgehead atoms. The number of nitrogens with one attached hydrogen (secondary N) is 1. The van der Waals surface area contributed by atoms with Crippen molar-refractivity contribution < 1.29 is 14.1 Å². The Morgan fingerprint density at radius 3 is 2.72 bits per heavy atom. The van der Waals surface area contributed by atoms with E-state index in [0.717, 1.165) is 12.3 Å². The summed E-state index contributed by atoms with van der Waals surface area (Å²) in [5.74, 6) is 1.31. The molecule has 0 aromatic carbocycles. The largest absolute Gasteiger partial charge is 0.478 e.